The fourth-order valence-corrected chi connectivity index (χ4v) is 3.95. The molecule has 2 rings (SSSR count). The molecule has 8 heteroatoms. The summed E-state index contributed by atoms with van der Waals surface area (Å²) >= 11 is 0. The second-order valence-corrected chi connectivity index (χ2v) is 6.81. The second-order valence-electron chi connectivity index (χ2n) is 5.16. The van der Waals surface area contributed by atoms with Gasteiger partial charge in [-0.1, -0.05) is 0 Å². The third kappa shape index (κ3) is 3.45. The molecule has 1 saturated carbocycles. The summed E-state index contributed by atoms with van der Waals surface area (Å²) in [6.07, 6.45) is 1.97. The first-order valence-electron chi connectivity index (χ1n) is 6.99. The number of nitrogens with one attached hydrogen (secondary N) is 1. The predicted octanol–water partition coefficient (Wildman–Crippen LogP) is 0.728. The lowest BCUT2D eigenvalue weighted by molar-refractivity contribution is 0.358. The molecule has 3 N–H and O–H groups in total. The quantitative estimate of drug-likeness (QED) is 0.729. The van der Waals surface area contributed by atoms with E-state index < -0.39 is 10.0 Å². The minimum Gasteiger partial charge on any atom is -0.496 e. The Bertz CT molecular complexity index is 603. The molecule has 0 bridgehead atoms. The Morgan fingerprint density at radius 2 is 1.73 bits per heavy atom. The van der Waals surface area contributed by atoms with Gasteiger partial charge in [0.2, 0.25) is 10.0 Å². The van der Waals surface area contributed by atoms with Crippen LogP contribution in [0.1, 0.15) is 12.8 Å². The maximum absolute atomic E-state index is 12.7. The van der Waals surface area contributed by atoms with Crippen LogP contribution in [-0.4, -0.2) is 42.3 Å². The smallest absolute Gasteiger partial charge is 0.248 e. The van der Waals surface area contributed by atoms with Gasteiger partial charge in [-0.2, -0.15) is 0 Å². The van der Waals surface area contributed by atoms with Gasteiger partial charge in [0.05, 0.1) is 21.3 Å². The lowest BCUT2D eigenvalue weighted by atomic mass is 10.2. The first kappa shape index (κ1) is 16.9. The summed E-state index contributed by atoms with van der Waals surface area (Å²) < 4.78 is 43.6. The summed E-state index contributed by atoms with van der Waals surface area (Å²) in [7, 11) is 0.456. The van der Waals surface area contributed by atoms with E-state index in [1.807, 2.05) is 0 Å². The Hall–Kier alpha value is -1.51. The molecule has 1 unspecified atom stereocenters. The van der Waals surface area contributed by atoms with Crippen molar-refractivity contribution < 1.29 is 22.6 Å². The molecule has 1 aliphatic rings. The number of methoxy groups -OCH3 is 3. The molecule has 1 aromatic rings. The summed E-state index contributed by atoms with van der Waals surface area (Å²) in [5.41, 5.74) is 5.68. The van der Waals surface area contributed by atoms with Crippen LogP contribution in [-0.2, 0) is 10.0 Å². The molecular weight excluding hydrogens is 308 g/mol. The summed E-state index contributed by atoms with van der Waals surface area (Å²) in [6, 6.07) is 2.73. The lowest BCUT2D eigenvalue weighted by Gasteiger charge is -2.19. The highest BCUT2D eigenvalue weighted by atomic mass is 32.2. The van der Waals surface area contributed by atoms with Crippen LogP contribution in [0.2, 0.25) is 0 Å². The van der Waals surface area contributed by atoms with Crippen LogP contribution in [0.25, 0.3) is 0 Å². The van der Waals surface area contributed by atoms with Gasteiger partial charge in [-0.15, -0.1) is 0 Å². The number of nitrogens with two attached hydrogens (primary N) is 1. The number of hydrogen-bond donors (Lipinski definition) is 2. The Balaban J connectivity index is 2.44. The van der Waals surface area contributed by atoms with Crippen LogP contribution >= 0.6 is 0 Å². The fraction of sp³-hybridized carbons (Fsp3) is 0.571. The van der Waals surface area contributed by atoms with Gasteiger partial charge in [-0.25, -0.2) is 13.1 Å². The monoisotopic (exact) mass is 330 g/mol. The minimum absolute atomic E-state index is 0.0441. The average molecular weight is 330 g/mol. The highest BCUT2D eigenvalue weighted by Crippen LogP contribution is 2.39. The van der Waals surface area contributed by atoms with Crippen LogP contribution < -0.4 is 24.7 Å². The zero-order chi connectivity index (χ0) is 16.3. The van der Waals surface area contributed by atoms with Crippen molar-refractivity contribution in [2.45, 2.75) is 23.8 Å². The number of hydrogen-bond acceptors (Lipinski definition) is 6. The number of sulfonamides is 1. The molecule has 0 amide bonds. The van der Waals surface area contributed by atoms with Gasteiger partial charge >= 0.3 is 0 Å². The lowest BCUT2D eigenvalue weighted by Crippen LogP contribution is -2.41. The summed E-state index contributed by atoms with van der Waals surface area (Å²) in [5, 5.41) is 0. The predicted molar refractivity (Wildman–Crippen MR) is 82.0 cm³/mol. The van der Waals surface area contributed by atoms with Gasteiger partial charge in [0.25, 0.3) is 0 Å². The van der Waals surface area contributed by atoms with Crippen LogP contribution in [0.4, 0.5) is 0 Å². The highest BCUT2D eigenvalue weighted by Gasteiger charge is 2.35. The summed E-state index contributed by atoms with van der Waals surface area (Å²) in [5.74, 6) is 1.07. The van der Waals surface area contributed by atoms with E-state index in [1.165, 1.54) is 33.5 Å². The molecule has 0 aliphatic heterocycles. The average Bonchev–Trinajstić information content (AvgIpc) is 3.35. The topological polar surface area (TPSA) is 99.9 Å². The van der Waals surface area contributed by atoms with E-state index in [2.05, 4.69) is 4.72 Å². The van der Waals surface area contributed by atoms with Crippen molar-refractivity contribution in [1.82, 2.24) is 4.72 Å². The van der Waals surface area contributed by atoms with E-state index in [-0.39, 0.29) is 29.0 Å². The van der Waals surface area contributed by atoms with Crippen molar-refractivity contribution in [1.29, 1.82) is 0 Å². The van der Waals surface area contributed by atoms with Gasteiger partial charge < -0.3 is 19.9 Å². The maximum atomic E-state index is 12.7. The van der Waals surface area contributed by atoms with E-state index in [1.54, 1.807) is 0 Å². The van der Waals surface area contributed by atoms with E-state index in [0.29, 0.717) is 11.7 Å². The van der Waals surface area contributed by atoms with Gasteiger partial charge in [-0.05, 0) is 18.8 Å². The van der Waals surface area contributed by atoms with Gasteiger partial charge in [-0.3, -0.25) is 0 Å². The SMILES string of the molecule is COc1cc(OC)c(S(=O)(=O)NC(CN)C2CC2)c(OC)c1. The van der Waals surface area contributed by atoms with Crippen molar-refractivity contribution in [2.75, 3.05) is 27.9 Å². The zero-order valence-corrected chi connectivity index (χ0v) is 13.8. The molecule has 1 fully saturated rings. The summed E-state index contributed by atoms with van der Waals surface area (Å²) in [4.78, 5) is -0.0441. The van der Waals surface area contributed by atoms with Crippen molar-refractivity contribution in [3.05, 3.63) is 12.1 Å². The third-order valence-electron chi connectivity index (χ3n) is 3.69. The highest BCUT2D eigenvalue weighted by molar-refractivity contribution is 7.89. The minimum atomic E-state index is -3.82. The molecule has 1 atom stereocenters. The Labute approximate surface area is 130 Å². The largest absolute Gasteiger partial charge is 0.496 e. The van der Waals surface area contributed by atoms with Gasteiger partial charge in [0, 0.05) is 24.7 Å². The molecule has 0 spiro atoms. The first-order valence-corrected chi connectivity index (χ1v) is 8.47. The van der Waals surface area contributed by atoms with Crippen molar-refractivity contribution >= 4 is 10.0 Å². The molecule has 0 radical (unpaired) electrons. The van der Waals surface area contributed by atoms with E-state index in [9.17, 15) is 8.42 Å². The van der Waals surface area contributed by atoms with Crippen molar-refractivity contribution in [3.63, 3.8) is 0 Å². The molecule has 0 saturated heterocycles. The first-order chi connectivity index (χ1) is 10.5. The summed E-state index contributed by atoms with van der Waals surface area (Å²) in [6.45, 7) is 0.255. The van der Waals surface area contributed by atoms with Crippen LogP contribution in [0, 0.1) is 5.92 Å². The molecule has 1 aromatic carbocycles. The maximum Gasteiger partial charge on any atom is 0.248 e. The van der Waals surface area contributed by atoms with Gasteiger partial charge in [0.15, 0.2) is 4.90 Å². The molecule has 124 valence electrons. The van der Waals surface area contributed by atoms with Crippen molar-refractivity contribution in [3.8, 4) is 17.2 Å². The standard InChI is InChI=1S/C14H22N2O5S/c1-19-10-6-12(20-2)14(13(7-10)21-3)22(17,18)16-11(8-15)9-4-5-9/h6-7,9,11,16H,4-5,8,15H2,1-3H3. The Kier molecular flexibility index (Phi) is 5.15. The third-order valence-corrected chi connectivity index (χ3v) is 5.24. The number of benzene rings is 1. The zero-order valence-electron chi connectivity index (χ0n) is 13.0. The molecule has 1 aliphatic carbocycles. The van der Waals surface area contributed by atoms with Crippen LogP contribution in [0.3, 0.4) is 0 Å². The number of rotatable bonds is 8. The molecule has 0 heterocycles. The van der Waals surface area contributed by atoms with Crippen LogP contribution in [0.15, 0.2) is 17.0 Å². The van der Waals surface area contributed by atoms with E-state index >= 15 is 0 Å². The van der Waals surface area contributed by atoms with Crippen LogP contribution in [0.5, 0.6) is 17.2 Å². The Morgan fingerprint density at radius 1 is 1.18 bits per heavy atom. The molecule has 22 heavy (non-hydrogen) atoms. The number of ether oxygens (including phenoxy) is 3. The van der Waals surface area contributed by atoms with E-state index in [0.717, 1.165) is 12.8 Å². The van der Waals surface area contributed by atoms with E-state index in [4.69, 9.17) is 19.9 Å². The van der Waals surface area contributed by atoms with Crippen molar-refractivity contribution in [2.24, 2.45) is 11.7 Å². The fourth-order valence-electron chi connectivity index (χ4n) is 2.33. The normalized spacial score (nSPS) is 16.2. The molecule has 7 nitrogen and oxygen atoms in total. The molecular formula is C14H22N2O5S. The second kappa shape index (κ2) is 6.72. The Morgan fingerprint density at radius 3 is 2.09 bits per heavy atom. The molecule has 0 aromatic heterocycles. The van der Waals surface area contributed by atoms with Gasteiger partial charge in [0.1, 0.15) is 17.2 Å².